The van der Waals surface area contributed by atoms with Crippen LogP contribution in [0.4, 0.5) is 0 Å². The minimum atomic E-state index is 0.0986. The number of amides is 1. The third-order valence-corrected chi connectivity index (χ3v) is 5.18. The van der Waals surface area contributed by atoms with Crippen molar-refractivity contribution in [3.63, 3.8) is 0 Å². The van der Waals surface area contributed by atoms with Gasteiger partial charge in [-0.2, -0.15) is 5.10 Å². The van der Waals surface area contributed by atoms with Gasteiger partial charge < -0.3 is 10.6 Å². The molecule has 1 aliphatic rings. The van der Waals surface area contributed by atoms with Gasteiger partial charge in [0, 0.05) is 19.1 Å². The van der Waals surface area contributed by atoms with Crippen molar-refractivity contribution in [1.82, 2.24) is 14.7 Å². The van der Waals surface area contributed by atoms with Crippen LogP contribution in [0.3, 0.4) is 0 Å². The molecule has 2 unspecified atom stereocenters. The number of aromatic nitrogens is 2. The molecule has 3 rings (SSSR count). The van der Waals surface area contributed by atoms with Crippen molar-refractivity contribution in [1.29, 1.82) is 0 Å². The van der Waals surface area contributed by atoms with E-state index in [2.05, 4.69) is 24.2 Å². The number of likely N-dealkylation sites (tertiary alicyclic amines) is 1. The Morgan fingerprint density at radius 2 is 2.12 bits per heavy atom. The molecule has 5 heteroatoms. The Hall–Kier alpha value is -2.14. The van der Waals surface area contributed by atoms with Crippen molar-refractivity contribution in [2.45, 2.75) is 45.7 Å². The van der Waals surface area contributed by atoms with E-state index >= 15 is 0 Å². The van der Waals surface area contributed by atoms with E-state index in [1.165, 1.54) is 5.56 Å². The molecule has 2 atom stereocenters. The van der Waals surface area contributed by atoms with Crippen molar-refractivity contribution in [3.05, 3.63) is 53.3 Å². The van der Waals surface area contributed by atoms with Gasteiger partial charge in [0.2, 0.25) is 0 Å². The topological polar surface area (TPSA) is 64.2 Å². The highest BCUT2D eigenvalue weighted by Gasteiger charge is 2.28. The second-order valence-corrected chi connectivity index (χ2v) is 7.01. The number of hydrogen-bond donors (Lipinski definition) is 1. The molecule has 0 aliphatic carbocycles. The van der Waals surface area contributed by atoms with Crippen LogP contribution < -0.4 is 5.73 Å². The number of nitrogens with zero attached hydrogens (tertiary/aromatic N) is 3. The summed E-state index contributed by atoms with van der Waals surface area (Å²) in [7, 11) is 0. The van der Waals surface area contributed by atoms with Crippen LogP contribution in [-0.2, 0) is 13.0 Å². The van der Waals surface area contributed by atoms with Crippen molar-refractivity contribution in [2.24, 2.45) is 11.7 Å². The van der Waals surface area contributed by atoms with E-state index in [0.29, 0.717) is 12.5 Å². The first kappa shape index (κ1) is 17.7. The first-order chi connectivity index (χ1) is 12.1. The van der Waals surface area contributed by atoms with Crippen molar-refractivity contribution < 1.29 is 4.79 Å². The smallest absolute Gasteiger partial charge is 0.257 e. The number of nitrogens with two attached hydrogens (primary N) is 1. The first-order valence-electron chi connectivity index (χ1n) is 9.23. The average Bonchev–Trinajstić information content (AvgIpc) is 3.04. The van der Waals surface area contributed by atoms with E-state index in [9.17, 15) is 4.79 Å². The molecule has 1 aliphatic heterocycles. The van der Waals surface area contributed by atoms with E-state index in [-0.39, 0.29) is 11.9 Å². The minimum absolute atomic E-state index is 0.0986. The average molecular weight is 340 g/mol. The zero-order chi connectivity index (χ0) is 17.8. The Labute approximate surface area is 149 Å². The highest BCUT2D eigenvalue weighted by Crippen LogP contribution is 2.22. The Balaban J connectivity index is 1.79. The van der Waals surface area contributed by atoms with Crippen LogP contribution in [-0.4, -0.2) is 39.7 Å². The van der Waals surface area contributed by atoms with Gasteiger partial charge in [-0.15, -0.1) is 0 Å². The maximum atomic E-state index is 13.0. The van der Waals surface area contributed by atoms with Gasteiger partial charge in [-0.3, -0.25) is 9.48 Å². The summed E-state index contributed by atoms with van der Waals surface area (Å²) in [5.41, 5.74) is 9.00. The highest BCUT2D eigenvalue weighted by molar-refractivity contribution is 5.95. The fourth-order valence-electron chi connectivity index (χ4n) is 3.65. The molecular weight excluding hydrogens is 312 g/mol. The molecule has 2 aromatic rings. The predicted octanol–water partition coefficient (Wildman–Crippen LogP) is 2.69. The van der Waals surface area contributed by atoms with Gasteiger partial charge in [0.1, 0.15) is 0 Å². The lowest BCUT2D eigenvalue weighted by molar-refractivity contribution is 0.0659. The van der Waals surface area contributed by atoms with Gasteiger partial charge in [0.15, 0.2) is 0 Å². The van der Waals surface area contributed by atoms with Crippen LogP contribution >= 0.6 is 0 Å². The normalized spacial score (nSPS) is 19.0. The van der Waals surface area contributed by atoms with Crippen LogP contribution in [0.25, 0.3) is 0 Å². The molecule has 1 amide bonds. The quantitative estimate of drug-likeness (QED) is 0.910. The summed E-state index contributed by atoms with van der Waals surface area (Å²) in [6.07, 6.45) is 4.66. The molecule has 134 valence electrons. The fourth-order valence-corrected chi connectivity index (χ4v) is 3.65. The lowest BCUT2D eigenvalue weighted by Crippen LogP contribution is -2.45. The number of carbonyl (C=O) groups excluding carboxylic acids is 1. The number of carbonyl (C=O) groups is 1. The molecule has 2 N–H and O–H groups in total. The third-order valence-electron chi connectivity index (χ3n) is 5.18. The molecule has 1 saturated heterocycles. The third kappa shape index (κ3) is 3.93. The molecule has 0 spiro atoms. The second-order valence-electron chi connectivity index (χ2n) is 7.01. The van der Waals surface area contributed by atoms with Gasteiger partial charge in [-0.1, -0.05) is 37.3 Å². The zero-order valence-electron chi connectivity index (χ0n) is 15.2. The maximum Gasteiger partial charge on any atom is 0.257 e. The molecule has 0 radical (unpaired) electrons. The van der Waals surface area contributed by atoms with Crippen molar-refractivity contribution in [2.75, 3.05) is 13.1 Å². The first-order valence-corrected chi connectivity index (χ1v) is 9.23. The fraction of sp³-hybridized carbons (Fsp3) is 0.500. The van der Waals surface area contributed by atoms with Crippen LogP contribution in [0, 0.1) is 5.92 Å². The Morgan fingerprint density at radius 3 is 2.80 bits per heavy atom. The van der Waals surface area contributed by atoms with E-state index in [1.807, 2.05) is 34.7 Å². The molecule has 5 nitrogen and oxygen atoms in total. The minimum Gasteiger partial charge on any atom is -0.338 e. The van der Waals surface area contributed by atoms with Crippen LogP contribution in [0.15, 0.2) is 36.5 Å². The number of benzene rings is 1. The van der Waals surface area contributed by atoms with Gasteiger partial charge in [-0.05, 0) is 37.7 Å². The lowest BCUT2D eigenvalue weighted by atomic mass is 9.92. The largest absolute Gasteiger partial charge is 0.338 e. The molecule has 1 fully saturated rings. The van der Waals surface area contributed by atoms with Crippen molar-refractivity contribution >= 4 is 5.91 Å². The van der Waals surface area contributed by atoms with Crippen LogP contribution in [0.2, 0.25) is 0 Å². The number of piperidine rings is 1. The summed E-state index contributed by atoms with van der Waals surface area (Å²) >= 11 is 0. The summed E-state index contributed by atoms with van der Waals surface area (Å²) < 4.78 is 1.95. The number of rotatable bonds is 5. The Morgan fingerprint density at radius 1 is 1.36 bits per heavy atom. The summed E-state index contributed by atoms with van der Waals surface area (Å²) in [5.74, 6) is 0.489. The van der Waals surface area contributed by atoms with Crippen LogP contribution in [0.1, 0.15) is 48.3 Å². The van der Waals surface area contributed by atoms with Gasteiger partial charge in [-0.25, -0.2) is 0 Å². The molecule has 1 aromatic carbocycles. The Kier molecular flexibility index (Phi) is 5.53. The molecular formula is C20H28N4O. The molecule has 1 aromatic heterocycles. The predicted molar refractivity (Wildman–Crippen MR) is 99.4 cm³/mol. The van der Waals surface area contributed by atoms with E-state index in [0.717, 1.165) is 43.6 Å². The zero-order valence-corrected chi connectivity index (χ0v) is 15.2. The van der Waals surface area contributed by atoms with Crippen LogP contribution in [0.5, 0.6) is 0 Å². The van der Waals surface area contributed by atoms with Gasteiger partial charge in [0.25, 0.3) is 5.91 Å². The number of hydrogen-bond acceptors (Lipinski definition) is 3. The van der Waals surface area contributed by atoms with Gasteiger partial charge in [0.05, 0.1) is 24.0 Å². The van der Waals surface area contributed by atoms with E-state index in [4.69, 9.17) is 5.73 Å². The lowest BCUT2D eigenvalue weighted by Gasteiger charge is -2.34. The Bertz CT molecular complexity index is 708. The molecule has 2 heterocycles. The summed E-state index contributed by atoms with van der Waals surface area (Å²) in [5, 5.41) is 4.50. The highest BCUT2D eigenvalue weighted by atomic mass is 16.2. The van der Waals surface area contributed by atoms with E-state index in [1.54, 1.807) is 6.20 Å². The monoisotopic (exact) mass is 340 g/mol. The maximum absolute atomic E-state index is 13.0. The molecule has 25 heavy (non-hydrogen) atoms. The van der Waals surface area contributed by atoms with E-state index < -0.39 is 0 Å². The summed E-state index contributed by atoms with van der Waals surface area (Å²) in [6.45, 7) is 6.38. The summed E-state index contributed by atoms with van der Waals surface area (Å²) in [6, 6.07) is 10.4. The second kappa shape index (κ2) is 7.83. The SMILES string of the molecule is CCc1c(C(=O)N2CCCC(C(C)N)C2)cnn1Cc1ccccc1. The molecule has 0 bridgehead atoms. The van der Waals surface area contributed by atoms with Crippen molar-refractivity contribution in [3.8, 4) is 0 Å². The molecule has 0 saturated carbocycles. The standard InChI is InChI=1S/C20H28N4O/c1-3-19-18(12-22-24(19)13-16-8-5-4-6-9-16)20(25)23-11-7-10-17(14-23)15(2)21/h4-6,8-9,12,15,17H,3,7,10-11,13-14,21H2,1-2H3. The summed E-state index contributed by atoms with van der Waals surface area (Å²) in [4.78, 5) is 15.0. The van der Waals surface area contributed by atoms with Gasteiger partial charge >= 0.3 is 0 Å².